The van der Waals surface area contributed by atoms with Crippen LogP contribution in [0, 0.1) is 0 Å². The van der Waals surface area contributed by atoms with Gasteiger partial charge in [-0.2, -0.15) is 0 Å². The summed E-state index contributed by atoms with van der Waals surface area (Å²) in [5.41, 5.74) is 7.10. The third-order valence-corrected chi connectivity index (χ3v) is 3.02. The molecule has 112 valence electrons. The Hall–Kier alpha value is -1.59. The molecule has 20 heavy (non-hydrogen) atoms. The number of nitrogens with one attached hydrogen (secondary N) is 1. The first-order valence-corrected chi connectivity index (χ1v) is 6.97. The van der Waals surface area contributed by atoms with Crippen LogP contribution in [0.2, 0.25) is 0 Å². The van der Waals surface area contributed by atoms with Gasteiger partial charge < -0.3 is 16.2 Å². The van der Waals surface area contributed by atoms with Crippen molar-refractivity contribution in [2.45, 2.75) is 32.9 Å². The Kier molecular flexibility index (Phi) is 6.48. The molecule has 0 saturated carbocycles. The van der Waals surface area contributed by atoms with Gasteiger partial charge in [0.25, 0.3) is 0 Å². The van der Waals surface area contributed by atoms with Crippen molar-refractivity contribution in [2.24, 2.45) is 0 Å². The number of anilines is 1. The van der Waals surface area contributed by atoms with Crippen molar-refractivity contribution < 1.29 is 9.90 Å². The van der Waals surface area contributed by atoms with Gasteiger partial charge in [0, 0.05) is 18.3 Å². The molecular formula is C15H25N3O2. The van der Waals surface area contributed by atoms with Crippen LogP contribution in [0.3, 0.4) is 0 Å². The van der Waals surface area contributed by atoms with E-state index in [1.54, 1.807) is 12.1 Å². The molecule has 1 aromatic rings. The van der Waals surface area contributed by atoms with Crippen LogP contribution in [-0.4, -0.2) is 41.6 Å². The van der Waals surface area contributed by atoms with Gasteiger partial charge in [-0.15, -0.1) is 0 Å². The number of amides is 1. The van der Waals surface area contributed by atoms with Crippen molar-refractivity contribution in [3.05, 3.63) is 29.8 Å². The number of rotatable bonds is 7. The average Bonchev–Trinajstić information content (AvgIpc) is 2.37. The third kappa shape index (κ3) is 5.59. The van der Waals surface area contributed by atoms with E-state index in [2.05, 4.69) is 5.32 Å². The van der Waals surface area contributed by atoms with E-state index in [4.69, 9.17) is 5.73 Å². The molecule has 1 amide bonds. The second-order valence-electron chi connectivity index (χ2n) is 5.23. The van der Waals surface area contributed by atoms with Crippen LogP contribution in [0.1, 0.15) is 32.4 Å². The number of hydrogen-bond donors (Lipinski definition) is 3. The molecule has 0 fully saturated rings. The van der Waals surface area contributed by atoms with Crippen molar-refractivity contribution in [1.82, 2.24) is 10.2 Å². The summed E-state index contributed by atoms with van der Waals surface area (Å²) in [6.45, 7) is 7.25. The summed E-state index contributed by atoms with van der Waals surface area (Å²) in [6.07, 6.45) is -0.623. The van der Waals surface area contributed by atoms with Gasteiger partial charge in [0.05, 0.1) is 12.6 Å². The van der Waals surface area contributed by atoms with Crippen LogP contribution in [0.25, 0.3) is 0 Å². The van der Waals surface area contributed by atoms with Gasteiger partial charge >= 0.3 is 0 Å². The minimum atomic E-state index is -0.623. The fraction of sp³-hybridized carbons (Fsp3) is 0.533. The van der Waals surface area contributed by atoms with Crippen LogP contribution in [0.5, 0.6) is 0 Å². The molecule has 0 radical (unpaired) electrons. The van der Waals surface area contributed by atoms with Crippen LogP contribution < -0.4 is 11.1 Å². The van der Waals surface area contributed by atoms with Crippen molar-refractivity contribution in [2.75, 3.05) is 25.4 Å². The first-order valence-electron chi connectivity index (χ1n) is 6.97. The van der Waals surface area contributed by atoms with E-state index >= 15 is 0 Å². The number of carbonyl (C=O) groups is 1. The summed E-state index contributed by atoms with van der Waals surface area (Å²) in [6, 6.07) is 7.27. The lowest BCUT2D eigenvalue weighted by atomic mass is 10.1. The Morgan fingerprint density at radius 2 is 1.95 bits per heavy atom. The molecular weight excluding hydrogens is 254 g/mol. The minimum absolute atomic E-state index is 0.0219. The molecule has 0 aliphatic carbocycles. The zero-order valence-electron chi connectivity index (χ0n) is 12.5. The molecule has 0 aliphatic heterocycles. The normalized spacial score (nSPS) is 12.7. The molecule has 0 aromatic heterocycles. The van der Waals surface area contributed by atoms with Crippen LogP contribution >= 0.6 is 0 Å². The maximum Gasteiger partial charge on any atom is 0.234 e. The number of carbonyl (C=O) groups excluding carboxylic acids is 1. The molecule has 0 heterocycles. The van der Waals surface area contributed by atoms with Gasteiger partial charge in [-0.25, -0.2) is 0 Å². The predicted molar refractivity (Wildman–Crippen MR) is 81.2 cm³/mol. The molecule has 5 heteroatoms. The van der Waals surface area contributed by atoms with E-state index in [1.165, 1.54) is 0 Å². The SMILES string of the molecule is CCN(CC(=O)NC(C)C)CC(O)c1ccc(N)cc1. The average molecular weight is 279 g/mol. The van der Waals surface area contributed by atoms with E-state index in [0.717, 1.165) is 5.56 Å². The highest BCUT2D eigenvalue weighted by atomic mass is 16.3. The van der Waals surface area contributed by atoms with Crippen LogP contribution in [0.4, 0.5) is 5.69 Å². The highest BCUT2D eigenvalue weighted by molar-refractivity contribution is 5.78. The highest BCUT2D eigenvalue weighted by Crippen LogP contribution is 2.15. The summed E-state index contributed by atoms with van der Waals surface area (Å²) in [7, 11) is 0. The highest BCUT2D eigenvalue weighted by Gasteiger charge is 2.15. The quantitative estimate of drug-likeness (QED) is 0.654. The monoisotopic (exact) mass is 279 g/mol. The fourth-order valence-electron chi connectivity index (χ4n) is 1.94. The smallest absolute Gasteiger partial charge is 0.234 e. The summed E-state index contributed by atoms with van der Waals surface area (Å²) < 4.78 is 0. The molecule has 0 saturated heterocycles. The molecule has 4 N–H and O–H groups in total. The van der Waals surface area contributed by atoms with Crippen LogP contribution in [-0.2, 0) is 4.79 Å². The van der Waals surface area contributed by atoms with Gasteiger partial charge in [-0.05, 0) is 38.1 Å². The largest absolute Gasteiger partial charge is 0.399 e. The lowest BCUT2D eigenvalue weighted by molar-refractivity contribution is -0.123. The molecule has 0 spiro atoms. The molecule has 1 aromatic carbocycles. The third-order valence-electron chi connectivity index (χ3n) is 3.02. The number of benzene rings is 1. The lowest BCUT2D eigenvalue weighted by Crippen LogP contribution is -2.41. The van der Waals surface area contributed by atoms with Gasteiger partial charge in [0.1, 0.15) is 0 Å². The van der Waals surface area contributed by atoms with Gasteiger partial charge in [-0.3, -0.25) is 9.69 Å². The summed E-state index contributed by atoms with van der Waals surface area (Å²) in [4.78, 5) is 13.6. The minimum Gasteiger partial charge on any atom is -0.399 e. The predicted octanol–water partition coefficient (Wildman–Crippen LogP) is 1.15. The summed E-state index contributed by atoms with van der Waals surface area (Å²) >= 11 is 0. The van der Waals surface area contributed by atoms with Crippen molar-refractivity contribution in [1.29, 1.82) is 0 Å². The van der Waals surface area contributed by atoms with Gasteiger partial charge in [0.15, 0.2) is 0 Å². The van der Waals surface area contributed by atoms with Crippen LogP contribution in [0.15, 0.2) is 24.3 Å². The van der Waals surface area contributed by atoms with Crippen molar-refractivity contribution >= 4 is 11.6 Å². The fourth-order valence-corrected chi connectivity index (χ4v) is 1.94. The van der Waals surface area contributed by atoms with E-state index < -0.39 is 6.10 Å². The number of nitrogen functional groups attached to an aromatic ring is 1. The summed E-state index contributed by atoms with van der Waals surface area (Å²) in [5, 5.41) is 13.0. The maximum absolute atomic E-state index is 11.7. The first kappa shape index (κ1) is 16.5. The molecule has 1 rings (SSSR count). The topological polar surface area (TPSA) is 78.6 Å². The lowest BCUT2D eigenvalue weighted by Gasteiger charge is -2.23. The van der Waals surface area contributed by atoms with E-state index in [0.29, 0.717) is 25.3 Å². The van der Waals surface area contributed by atoms with E-state index in [-0.39, 0.29) is 11.9 Å². The van der Waals surface area contributed by atoms with E-state index in [1.807, 2.05) is 37.8 Å². The number of nitrogens with two attached hydrogens (primary N) is 1. The van der Waals surface area contributed by atoms with Crippen molar-refractivity contribution in [3.8, 4) is 0 Å². The Morgan fingerprint density at radius 3 is 2.45 bits per heavy atom. The van der Waals surface area contributed by atoms with Gasteiger partial charge in [0.2, 0.25) is 5.91 Å². The standard InChI is InChI=1S/C15H25N3O2/c1-4-18(10-15(20)17-11(2)3)9-14(19)12-5-7-13(16)8-6-12/h5-8,11,14,19H,4,9-10,16H2,1-3H3,(H,17,20). The molecule has 0 bridgehead atoms. The van der Waals surface area contributed by atoms with E-state index in [9.17, 15) is 9.90 Å². The molecule has 1 unspecified atom stereocenters. The number of aliphatic hydroxyl groups is 1. The Labute approximate surface area is 120 Å². The van der Waals surface area contributed by atoms with Gasteiger partial charge in [-0.1, -0.05) is 19.1 Å². The second-order valence-corrected chi connectivity index (χ2v) is 5.23. The Balaban J connectivity index is 2.54. The molecule has 1 atom stereocenters. The number of aliphatic hydroxyl groups excluding tert-OH is 1. The van der Waals surface area contributed by atoms with Crippen molar-refractivity contribution in [3.63, 3.8) is 0 Å². The maximum atomic E-state index is 11.7. The molecule has 5 nitrogen and oxygen atoms in total. The summed E-state index contributed by atoms with van der Waals surface area (Å²) in [5.74, 6) is -0.0219. The Bertz CT molecular complexity index is 418. The second kappa shape index (κ2) is 7.87. The zero-order valence-corrected chi connectivity index (χ0v) is 12.5. The number of nitrogens with zero attached hydrogens (tertiary/aromatic N) is 1. The first-order chi connectivity index (χ1) is 9.42. The number of likely N-dealkylation sites (N-methyl/N-ethyl adjacent to an activating group) is 1. The zero-order chi connectivity index (χ0) is 15.1. The number of hydrogen-bond acceptors (Lipinski definition) is 4. The Morgan fingerprint density at radius 1 is 1.35 bits per heavy atom. The molecule has 0 aliphatic rings.